The molecule has 6 nitrogen and oxygen atoms in total. The van der Waals surface area contributed by atoms with Gasteiger partial charge in [0.25, 0.3) is 11.5 Å². The van der Waals surface area contributed by atoms with Crippen LogP contribution >= 0.6 is 0 Å². The number of halogens is 4. The minimum absolute atomic E-state index is 0.117. The summed E-state index contributed by atoms with van der Waals surface area (Å²) >= 11 is 0. The summed E-state index contributed by atoms with van der Waals surface area (Å²) in [7, 11) is 0. The normalized spacial score (nSPS) is 13.4. The van der Waals surface area contributed by atoms with Gasteiger partial charge in [-0.05, 0) is 47.9 Å². The first-order valence-corrected chi connectivity index (χ1v) is 9.89. The van der Waals surface area contributed by atoms with Crippen LogP contribution in [0.15, 0.2) is 65.7 Å². The number of carbonyl (C=O) groups excluding carboxylic acids is 1. The van der Waals surface area contributed by atoms with Gasteiger partial charge in [0.2, 0.25) is 0 Å². The number of fused-ring (bicyclic) bond motifs is 2. The predicted octanol–water partition coefficient (Wildman–Crippen LogP) is 4.12. The quantitative estimate of drug-likeness (QED) is 0.428. The third-order valence-electron chi connectivity index (χ3n) is 5.47. The van der Waals surface area contributed by atoms with Crippen LogP contribution in [0, 0.1) is 5.82 Å². The summed E-state index contributed by atoms with van der Waals surface area (Å²) in [4.78, 5) is 34.3. The number of pyridine rings is 2. The topological polar surface area (TPSA) is 67.6 Å². The molecule has 0 saturated heterocycles. The SMILES string of the molecule is O=C(c1ccc(-c2cccn3c(=O)cc(C(F)(F)F)nc23)cc1F)N1CCc2cccnc21. The van der Waals surface area contributed by atoms with Gasteiger partial charge in [-0.1, -0.05) is 12.1 Å². The highest BCUT2D eigenvalue weighted by Crippen LogP contribution is 2.31. The molecule has 1 amide bonds. The van der Waals surface area contributed by atoms with E-state index in [1.807, 2.05) is 6.07 Å². The Kier molecular flexibility index (Phi) is 4.73. The van der Waals surface area contributed by atoms with Gasteiger partial charge in [0.15, 0.2) is 5.69 Å². The highest BCUT2D eigenvalue weighted by molar-refractivity contribution is 6.07. The molecular formula is C23H14F4N4O2. The van der Waals surface area contributed by atoms with Crippen molar-refractivity contribution in [1.82, 2.24) is 14.4 Å². The molecule has 33 heavy (non-hydrogen) atoms. The number of hydrogen-bond acceptors (Lipinski definition) is 4. The van der Waals surface area contributed by atoms with Crippen molar-refractivity contribution < 1.29 is 22.4 Å². The van der Waals surface area contributed by atoms with Gasteiger partial charge in [-0.2, -0.15) is 13.2 Å². The van der Waals surface area contributed by atoms with Crippen LogP contribution in [-0.4, -0.2) is 26.8 Å². The highest BCUT2D eigenvalue weighted by Gasteiger charge is 2.34. The van der Waals surface area contributed by atoms with Gasteiger partial charge in [-0.25, -0.2) is 14.4 Å². The molecule has 0 unspecified atom stereocenters. The third-order valence-corrected chi connectivity index (χ3v) is 5.47. The molecule has 0 atom stereocenters. The average molecular weight is 454 g/mol. The molecule has 166 valence electrons. The average Bonchev–Trinajstić information content (AvgIpc) is 3.22. The first-order valence-electron chi connectivity index (χ1n) is 9.89. The smallest absolute Gasteiger partial charge is 0.292 e. The van der Waals surface area contributed by atoms with Crippen LogP contribution in [0.5, 0.6) is 0 Å². The van der Waals surface area contributed by atoms with Gasteiger partial charge in [-0.3, -0.25) is 18.9 Å². The molecule has 3 aromatic heterocycles. The summed E-state index contributed by atoms with van der Waals surface area (Å²) in [5, 5.41) is 0. The zero-order valence-electron chi connectivity index (χ0n) is 16.8. The van der Waals surface area contributed by atoms with E-state index in [4.69, 9.17) is 0 Å². The molecule has 0 bridgehead atoms. The van der Waals surface area contributed by atoms with E-state index in [0.717, 1.165) is 16.0 Å². The Morgan fingerprint density at radius 2 is 1.88 bits per heavy atom. The van der Waals surface area contributed by atoms with Crippen molar-refractivity contribution in [2.24, 2.45) is 0 Å². The summed E-state index contributed by atoms with van der Waals surface area (Å²) in [6.45, 7) is 0.364. The zero-order valence-corrected chi connectivity index (χ0v) is 16.8. The lowest BCUT2D eigenvalue weighted by Crippen LogP contribution is -2.30. The van der Waals surface area contributed by atoms with Crippen LogP contribution in [0.3, 0.4) is 0 Å². The molecule has 0 N–H and O–H groups in total. The Labute approximate surface area is 183 Å². The van der Waals surface area contributed by atoms with Crippen LogP contribution in [0.2, 0.25) is 0 Å². The summed E-state index contributed by atoms with van der Waals surface area (Å²) < 4.78 is 55.5. The maximum atomic E-state index is 15.0. The van der Waals surface area contributed by atoms with Crippen molar-refractivity contribution >= 4 is 17.4 Å². The molecule has 0 spiro atoms. The minimum atomic E-state index is -4.82. The van der Waals surface area contributed by atoms with E-state index in [-0.39, 0.29) is 22.3 Å². The molecule has 4 aromatic rings. The second kappa shape index (κ2) is 7.51. The fourth-order valence-corrected chi connectivity index (χ4v) is 3.90. The maximum Gasteiger partial charge on any atom is 0.433 e. The Morgan fingerprint density at radius 1 is 1.06 bits per heavy atom. The zero-order chi connectivity index (χ0) is 23.3. The molecule has 0 saturated carbocycles. The van der Waals surface area contributed by atoms with Gasteiger partial charge in [0, 0.05) is 30.6 Å². The maximum absolute atomic E-state index is 15.0. The fraction of sp³-hybridized carbons (Fsp3) is 0.130. The summed E-state index contributed by atoms with van der Waals surface area (Å²) in [6.07, 6.45) is -1.38. The number of carbonyl (C=O) groups is 1. The van der Waals surface area contributed by atoms with Crippen LogP contribution in [0.1, 0.15) is 21.6 Å². The third kappa shape index (κ3) is 3.53. The lowest BCUT2D eigenvalue weighted by atomic mass is 10.0. The van der Waals surface area contributed by atoms with Gasteiger partial charge < -0.3 is 0 Å². The van der Waals surface area contributed by atoms with Gasteiger partial charge in [0.1, 0.15) is 17.3 Å². The van der Waals surface area contributed by atoms with Crippen molar-refractivity contribution in [2.75, 3.05) is 11.4 Å². The van der Waals surface area contributed by atoms with E-state index < -0.39 is 29.2 Å². The van der Waals surface area contributed by atoms with Crippen molar-refractivity contribution in [3.05, 3.63) is 93.9 Å². The van der Waals surface area contributed by atoms with Crippen molar-refractivity contribution in [3.63, 3.8) is 0 Å². The Hall–Kier alpha value is -4.08. The van der Waals surface area contributed by atoms with Gasteiger partial charge >= 0.3 is 6.18 Å². The molecule has 5 rings (SSSR count). The highest BCUT2D eigenvalue weighted by atomic mass is 19.4. The largest absolute Gasteiger partial charge is 0.433 e. The summed E-state index contributed by atoms with van der Waals surface area (Å²) in [5.74, 6) is -0.940. The van der Waals surface area contributed by atoms with Crippen LogP contribution < -0.4 is 10.5 Å². The number of nitrogens with zero attached hydrogens (tertiary/aromatic N) is 4. The Balaban J connectivity index is 1.57. The standard InChI is InChI=1S/C23H14F4N4O2/c24-17-11-14(5-6-16(17)22(33)31-10-7-13-3-1-8-28-20(13)31)15-4-2-9-30-19(32)12-18(23(25,26)27)29-21(15)30/h1-6,8-9,11-12H,7,10H2. The number of rotatable bonds is 2. The first kappa shape index (κ1) is 20.8. The van der Waals surface area contributed by atoms with E-state index in [1.54, 1.807) is 12.3 Å². The summed E-state index contributed by atoms with van der Waals surface area (Å²) in [5.41, 5.74) is -1.54. The fourth-order valence-electron chi connectivity index (χ4n) is 3.90. The van der Waals surface area contributed by atoms with Crippen LogP contribution in [0.4, 0.5) is 23.4 Å². The molecule has 10 heteroatoms. The van der Waals surface area contributed by atoms with E-state index >= 15 is 4.39 Å². The number of alkyl halides is 3. The van der Waals surface area contributed by atoms with Crippen LogP contribution in [-0.2, 0) is 12.6 Å². The monoisotopic (exact) mass is 454 g/mol. The Morgan fingerprint density at radius 3 is 2.64 bits per heavy atom. The lowest BCUT2D eigenvalue weighted by Gasteiger charge is -2.17. The molecule has 1 aliphatic heterocycles. The van der Waals surface area contributed by atoms with E-state index in [0.29, 0.717) is 24.8 Å². The van der Waals surface area contributed by atoms with Gasteiger partial charge in [-0.15, -0.1) is 0 Å². The van der Waals surface area contributed by atoms with E-state index in [1.165, 1.54) is 35.4 Å². The molecule has 0 aliphatic carbocycles. The molecule has 1 aromatic carbocycles. The molecule has 4 heterocycles. The number of amides is 1. The molecular weight excluding hydrogens is 440 g/mol. The predicted molar refractivity (Wildman–Crippen MR) is 111 cm³/mol. The molecule has 1 aliphatic rings. The molecule has 0 radical (unpaired) electrons. The first-order chi connectivity index (χ1) is 15.7. The van der Waals surface area contributed by atoms with Crippen LogP contribution in [0.25, 0.3) is 16.8 Å². The Bertz CT molecular complexity index is 1480. The summed E-state index contributed by atoms with van der Waals surface area (Å²) in [6, 6.07) is 10.6. The molecule has 0 fully saturated rings. The van der Waals surface area contributed by atoms with E-state index in [2.05, 4.69) is 9.97 Å². The number of anilines is 1. The van der Waals surface area contributed by atoms with E-state index in [9.17, 15) is 22.8 Å². The van der Waals surface area contributed by atoms with Crippen molar-refractivity contribution in [1.29, 1.82) is 0 Å². The second-order valence-corrected chi connectivity index (χ2v) is 7.48. The lowest BCUT2D eigenvalue weighted by molar-refractivity contribution is -0.141. The van der Waals surface area contributed by atoms with Gasteiger partial charge in [0.05, 0.1) is 5.56 Å². The second-order valence-electron chi connectivity index (χ2n) is 7.48. The number of aromatic nitrogens is 3. The number of benzene rings is 1. The number of hydrogen-bond donors (Lipinski definition) is 0. The van der Waals surface area contributed by atoms with Crippen molar-refractivity contribution in [2.45, 2.75) is 12.6 Å². The minimum Gasteiger partial charge on any atom is -0.292 e. The van der Waals surface area contributed by atoms with Crippen molar-refractivity contribution in [3.8, 4) is 11.1 Å².